The van der Waals surface area contributed by atoms with Crippen LogP contribution in [0.25, 0.3) is 11.0 Å². The standard InChI is InChI=1S/C15H18N4O2/c20-14(16-9-15(21)17-10-5-6-10)8-7-13-18-11-3-1-2-4-12(11)19-13/h1-4,10H,5-9H2,(H,16,20)(H,17,21)(H,18,19). The van der Waals surface area contributed by atoms with Crippen molar-refractivity contribution >= 4 is 22.8 Å². The van der Waals surface area contributed by atoms with Gasteiger partial charge >= 0.3 is 0 Å². The summed E-state index contributed by atoms with van der Waals surface area (Å²) in [5.74, 6) is 0.532. The minimum Gasteiger partial charge on any atom is -0.352 e. The molecule has 3 rings (SSSR count). The molecule has 2 amide bonds. The molecule has 1 aliphatic carbocycles. The van der Waals surface area contributed by atoms with Gasteiger partial charge in [0.2, 0.25) is 11.8 Å². The molecule has 0 radical (unpaired) electrons. The van der Waals surface area contributed by atoms with Gasteiger partial charge in [0.05, 0.1) is 17.6 Å². The summed E-state index contributed by atoms with van der Waals surface area (Å²) in [7, 11) is 0. The van der Waals surface area contributed by atoms with Crippen LogP contribution in [0.5, 0.6) is 0 Å². The average molecular weight is 286 g/mol. The van der Waals surface area contributed by atoms with Gasteiger partial charge in [0.15, 0.2) is 0 Å². The Balaban J connectivity index is 1.43. The van der Waals surface area contributed by atoms with Gasteiger partial charge in [-0.25, -0.2) is 4.98 Å². The smallest absolute Gasteiger partial charge is 0.239 e. The number of benzene rings is 1. The summed E-state index contributed by atoms with van der Waals surface area (Å²) in [5, 5.41) is 5.46. The molecule has 1 aliphatic rings. The number of para-hydroxylation sites is 2. The van der Waals surface area contributed by atoms with Gasteiger partial charge in [-0.15, -0.1) is 0 Å². The molecule has 1 aromatic carbocycles. The van der Waals surface area contributed by atoms with Crippen LogP contribution in [0.3, 0.4) is 0 Å². The summed E-state index contributed by atoms with van der Waals surface area (Å²) in [6, 6.07) is 8.07. The lowest BCUT2D eigenvalue weighted by Crippen LogP contribution is -2.37. The molecule has 3 N–H and O–H groups in total. The molecule has 0 aliphatic heterocycles. The van der Waals surface area contributed by atoms with E-state index in [0.29, 0.717) is 18.9 Å². The Bertz CT molecular complexity index is 627. The Morgan fingerprint density at radius 2 is 2.05 bits per heavy atom. The fraction of sp³-hybridized carbons (Fsp3) is 0.400. The number of aromatic amines is 1. The molecule has 2 aromatic rings. The number of carbonyl (C=O) groups excluding carboxylic acids is 2. The van der Waals surface area contributed by atoms with Crippen molar-refractivity contribution in [1.29, 1.82) is 0 Å². The fourth-order valence-electron chi connectivity index (χ4n) is 2.13. The summed E-state index contributed by atoms with van der Waals surface area (Å²) >= 11 is 0. The number of H-pyrrole nitrogens is 1. The third-order valence-corrected chi connectivity index (χ3v) is 3.42. The number of imidazole rings is 1. The number of amides is 2. The summed E-state index contributed by atoms with van der Waals surface area (Å²) < 4.78 is 0. The van der Waals surface area contributed by atoms with Crippen LogP contribution in [0.2, 0.25) is 0 Å². The first-order valence-corrected chi connectivity index (χ1v) is 7.20. The van der Waals surface area contributed by atoms with E-state index >= 15 is 0 Å². The van der Waals surface area contributed by atoms with Crippen molar-refractivity contribution in [3.8, 4) is 0 Å². The molecule has 0 spiro atoms. The Morgan fingerprint density at radius 1 is 1.24 bits per heavy atom. The van der Waals surface area contributed by atoms with Gasteiger partial charge < -0.3 is 15.6 Å². The number of fused-ring (bicyclic) bond motifs is 1. The van der Waals surface area contributed by atoms with Crippen LogP contribution >= 0.6 is 0 Å². The van der Waals surface area contributed by atoms with Crippen LogP contribution in [0, 0.1) is 0 Å². The predicted molar refractivity (Wildman–Crippen MR) is 78.6 cm³/mol. The number of nitrogens with one attached hydrogen (secondary N) is 3. The number of rotatable bonds is 6. The number of hydrogen-bond acceptors (Lipinski definition) is 3. The monoisotopic (exact) mass is 286 g/mol. The Kier molecular flexibility index (Phi) is 3.85. The molecule has 1 fully saturated rings. The number of nitrogens with zero attached hydrogens (tertiary/aromatic N) is 1. The number of carbonyl (C=O) groups is 2. The zero-order chi connectivity index (χ0) is 14.7. The molecule has 1 saturated carbocycles. The highest BCUT2D eigenvalue weighted by Gasteiger charge is 2.23. The molecule has 1 aromatic heterocycles. The molecule has 0 atom stereocenters. The lowest BCUT2D eigenvalue weighted by atomic mass is 10.3. The molecule has 0 bridgehead atoms. The first-order valence-electron chi connectivity index (χ1n) is 7.20. The molecule has 1 heterocycles. The van der Waals surface area contributed by atoms with Crippen LogP contribution in [-0.2, 0) is 16.0 Å². The Morgan fingerprint density at radius 3 is 2.81 bits per heavy atom. The zero-order valence-electron chi connectivity index (χ0n) is 11.7. The van der Waals surface area contributed by atoms with Crippen LogP contribution in [0.1, 0.15) is 25.1 Å². The quantitative estimate of drug-likeness (QED) is 0.737. The second kappa shape index (κ2) is 5.95. The lowest BCUT2D eigenvalue weighted by Gasteiger charge is -2.05. The van der Waals surface area contributed by atoms with Crippen LogP contribution in [-0.4, -0.2) is 34.4 Å². The van der Waals surface area contributed by atoms with Crippen molar-refractivity contribution in [2.45, 2.75) is 31.7 Å². The zero-order valence-corrected chi connectivity index (χ0v) is 11.7. The number of aromatic nitrogens is 2. The average Bonchev–Trinajstić information content (AvgIpc) is 3.18. The summed E-state index contributed by atoms with van der Waals surface area (Å²) in [6.07, 6.45) is 2.94. The van der Waals surface area contributed by atoms with Crippen molar-refractivity contribution < 1.29 is 9.59 Å². The van der Waals surface area contributed by atoms with E-state index in [4.69, 9.17) is 0 Å². The van der Waals surface area contributed by atoms with E-state index in [9.17, 15) is 9.59 Å². The van der Waals surface area contributed by atoms with E-state index in [1.807, 2.05) is 24.3 Å². The first kappa shape index (κ1) is 13.6. The maximum Gasteiger partial charge on any atom is 0.239 e. The minimum absolute atomic E-state index is 0.0511. The summed E-state index contributed by atoms with van der Waals surface area (Å²) in [4.78, 5) is 30.7. The van der Waals surface area contributed by atoms with E-state index < -0.39 is 0 Å². The molecule has 0 unspecified atom stereocenters. The molecule has 110 valence electrons. The van der Waals surface area contributed by atoms with Gasteiger partial charge in [0.1, 0.15) is 5.82 Å². The van der Waals surface area contributed by atoms with E-state index in [0.717, 1.165) is 29.7 Å². The van der Waals surface area contributed by atoms with Crippen LogP contribution < -0.4 is 10.6 Å². The van der Waals surface area contributed by atoms with E-state index in [1.54, 1.807) is 0 Å². The van der Waals surface area contributed by atoms with Gasteiger partial charge in [0.25, 0.3) is 0 Å². The predicted octanol–water partition coefficient (Wildman–Crippen LogP) is 0.890. The van der Waals surface area contributed by atoms with Gasteiger partial charge in [-0.1, -0.05) is 12.1 Å². The van der Waals surface area contributed by atoms with Crippen molar-refractivity contribution in [3.63, 3.8) is 0 Å². The van der Waals surface area contributed by atoms with E-state index in [-0.39, 0.29) is 18.4 Å². The van der Waals surface area contributed by atoms with E-state index in [2.05, 4.69) is 20.6 Å². The highest BCUT2D eigenvalue weighted by Crippen LogP contribution is 2.18. The molecule has 6 nitrogen and oxygen atoms in total. The summed E-state index contributed by atoms with van der Waals surface area (Å²) in [5.41, 5.74) is 1.87. The molecule has 21 heavy (non-hydrogen) atoms. The maximum absolute atomic E-state index is 11.7. The second-order valence-electron chi connectivity index (χ2n) is 5.32. The van der Waals surface area contributed by atoms with Gasteiger partial charge in [-0.2, -0.15) is 0 Å². The van der Waals surface area contributed by atoms with Gasteiger partial charge in [-0.3, -0.25) is 9.59 Å². The number of aryl methyl sites for hydroxylation is 1. The van der Waals surface area contributed by atoms with Crippen molar-refractivity contribution in [2.24, 2.45) is 0 Å². The molecular formula is C15H18N4O2. The Hall–Kier alpha value is -2.37. The Labute approximate surface area is 122 Å². The molecule has 0 saturated heterocycles. The topological polar surface area (TPSA) is 86.9 Å². The van der Waals surface area contributed by atoms with Gasteiger partial charge in [0, 0.05) is 18.9 Å². The second-order valence-corrected chi connectivity index (χ2v) is 5.32. The fourth-order valence-corrected chi connectivity index (χ4v) is 2.13. The molecular weight excluding hydrogens is 268 g/mol. The minimum atomic E-state index is -0.138. The normalized spacial score (nSPS) is 14.1. The number of hydrogen-bond donors (Lipinski definition) is 3. The van der Waals surface area contributed by atoms with Crippen LogP contribution in [0.15, 0.2) is 24.3 Å². The first-order chi connectivity index (χ1) is 10.2. The van der Waals surface area contributed by atoms with Crippen molar-refractivity contribution in [2.75, 3.05) is 6.54 Å². The van der Waals surface area contributed by atoms with E-state index in [1.165, 1.54) is 0 Å². The third-order valence-electron chi connectivity index (χ3n) is 3.42. The lowest BCUT2D eigenvalue weighted by molar-refractivity contribution is -0.126. The third kappa shape index (κ3) is 3.81. The van der Waals surface area contributed by atoms with Crippen LogP contribution in [0.4, 0.5) is 0 Å². The van der Waals surface area contributed by atoms with Crippen molar-refractivity contribution in [1.82, 2.24) is 20.6 Å². The summed E-state index contributed by atoms with van der Waals surface area (Å²) in [6.45, 7) is 0.0511. The highest BCUT2D eigenvalue weighted by molar-refractivity contribution is 5.85. The van der Waals surface area contributed by atoms with Gasteiger partial charge in [-0.05, 0) is 25.0 Å². The highest BCUT2D eigenvalue weighted by atomic mass is 16.2. The maximum atomic E-state index is 11.7. The van der Waals surface area contributed by atoms with Crippen molar-refractivity contribution in [3.05, 3.63) is 30.1 Å². The SMILES string of the molecule is O=C(CCc1nc2ccccc2[nH]1)NCC(=O)NC1CC1. The largest absolute Gasteiger partial charge is 0.352 e. The molecule has 6 heteroatoms.